The van der Waals surface area contributed by atoms with E-state index in [-0.39, 0.29) is 0 Å². The maximum absolute atomic E-state index is 5.50. The molecule has 0 aliphatic carbocycles. The number of imidazole rings is 1. The van der Waals surface area contributed by atoms with E-state index in [4.69, 9.17) is 5.41 Å². The highest BCUT2D eigenvalue weighted by Gasteiger charge is 2.04. The Labute approximate surface area is 137 Å². The van der Waals surface area contributed by atoms with E-state index in [1.807, 2.05) is 42.6 Å². The minimum atomic E-state index is 0.776. The number of nitrogens with zero attached hydrogens (tertiary/aromatic N) is 3. The van der Waals surface area contributed by atoms with Crippen LogP contribution in [0.1, 0.15) is 19.4 Å². The second-order valence-corrected chi connectivity index (χ2v) is 4.38. The maximum atomic E-state index is 5.50. The lowest BCUT2D eigenvalue weighted by Gasteiger charge is -1.99. The first-order valence-electron chi connectivity index (χ1n) is 7.41. The van der Waals surface area contributed by atoms with Crippen molar-refractivity contribution in [3.8, 4) is 11.3 Å². The van der Waals surface area contributed by atoms with Crippen molar-refractivity contribution in [3.05, 3.63) is 61.2 Å². The van der Waals surface area contributed by atoms with Crippen molar-refractivity contribution in [3.63, 3.8) is 0 Å². The monoisotopic (exact) mass is 309 g/mol. The number of pyridine rings is 2. The van der Waals surface area contributed by atoms with Crippen LogP contribution in [-0.4, -0.2) is 21.1 Å². The van der Waals surface area contributed by atoms with Gasteiger partial charge in [-0.1, -0.05) is 26.5 Å². The molecule has 3 aromatic heterocycles. The van der Waals surface area contributed by atoms with E-state index >= 15 is 0 Å². The van der Waals surface area contributed by atoms with Crippen LogP contribution in [0.3, 0.4) is 0 Å². The average Bonchev–Trinajstić information content (AvgIpc) is 3.02. The zero-order valence-electron chi connectivity index (χ0n) is 13.9. The molecule has 120 valence electrons. The first-order chi connectivity index (χ1) is 11.3. The molecule has 0 aromatic carbocycles. The fourth-order valence-electron chi connectivity index (χ4n) is 1.98. The Bertz CT molecular complexity index is 744. The van der Waals surface area contributed by atoms with Gasteiger partial charge < -0.3 is 15.1 Å². The summed E-state index contributed by atoms with van der Waals surface area (Å²) >= 11 is 0. The van der Waals surface area contributed by atoms with Gasteiger partial charge in [-0.3, -0.25) is 0 Å². The Balaban J connectivity index is 0.000000615. The van der Waals surface area contributed by atoms with Crippen LogP contribution < -0.4 is 5.32 Å². The van der Waals surface area contributed by atoms with Crippen LogP contribution in [0.4, 0.5) is 5.82 Å². The Kier molecular flexibility index (Phi) is 7.20. The molecule has 2 N–H and O–H groups in total. The SMILES string of the molecule is C=CNc1ccc(-c2cn3cc(C)ccc3n2)cn1.C=N.CC. The number of hydrogen-bond acceptors (Lipinski definition) is 4. The number of anilines is 1. The van der Waals surface area contributed by atoms with Gasteiger partial charge in [-0.05, 0) is 43.6 Å². The third kappa shape index (κ3) is 4.51. The Morgan fingerprint density at radius 1 is 1.13 bits per heavy atom. The van der Waals surface area contributed by atoms with Crippen molar-refractivity contribution < 1.29 is 0 Å². The van der Waals surface area contributed by atoms with E-state index in [1.54, 1.807) is 12.4 Å². The average molecular weight is 309 g/mol. The van der Waals surface area contributed by atoms with Crippen molar-refractivity contribution in [1.29, 1.82) is 5.41 Å². The van der Waals surface area contributed by atoms with Crippen LogP contribution in [0.25, 0.3) is 16.9 Å². The summed E-state index contributed by atoms with van der Waals surface area (Å²) in [6.07, 6.45) is 7.49. The van der Waals surface area contributed by atoms with Gasteiger partial charge in [0.05, 0.1) is 5.69 Å². The summed E-state index contributed by atoms with van der Waals surface area (Å²) < 4.78 is 2.03. The van der Waals surface area contributed by atoms with Gasteiger partial charge in [0.15, 0.2) is 0 Å². The summed E-state index contributed by atoms with van der Waals surface area (Å²) in [6.45, 7) is 12.2. The van der Waals surface area contributed by atoms with Gasteiger partial charge in [0.25, 0.3) is 0 Å². The van der Waals surface area contributed by atoms with Gasteiger partial charge in [-0.15, -0.1) is 0 Å². The number of fused-ring (bicyclic) bond motifs is 1. The third-order valence-corrected chi connectivity index (χ3v) is 2.91. The molecule has 0 unspecified atom stereocenters. The topological polar surface area (TPSA) is 66.1 Å². The zero-order chi connectivity index (χ0) is 17.2. The molecule has 3 aromatic rings. The predicted molar refractivity (Wildman–Crippen MR) is 98.2 cm³/mol. The van der Waals surface area contributed by atoms with Crippen molar-refractivity contribution in [2.75, 3.05) is 5.32 Å². The Morgan fingerprint density at radius 2 is 1.87 bits per heavy atom. The lowest BCUT2D eigenvalue weighted by atomic mass is 10.2. The molecule has 0 saturated heterocycles. The summed E-state index contributed by atoms with van der Waals surface area (Å²) in [6, 6.07) is 7.97. The lowest BCUT2D eigenvalue weighted by Crippen LogP contribution is -1.90. The van der Waals surface area contributed by atoms with Crippen LogP contribution in [0.5, 0.6) is 0 Å². The van der Waals surface area contributed by atoms with Crippen LogP contribution >= 0.6 is 0 Å². The molecule has 5 nitrogen and oxygen atoms in total. The first kappa shape index (κ1) is 18.1. The molecule has 23 heavy (non-hydrogen) atoms. The van der Waals surface area contributed by atoms with E-state index in [2.05, 4.69) is 47.8 Å². The summed E-state index contributed by atoms with van der Waals surface area (Å²) in [5.74, 6) is 0.776. The molecule has 3 rings (SSSR count). The van der Waals surface area contributed by atoms with Gasteiger partial charge in [-0.2, -0.15) is 0 Å². The molecule has 5 heteroatoms. The van der Waals surface area contributed by atoms with Crippen molar-refractivity contribution in [2.24, 2.45) is 0 Å². The smallest absolute Gasteiger partial charge is 0.137 e. The summed E-state index contributed by atoms with van der Waals surface area (Å²) in [7, 11) is 0. The van der Waals surface area contributed by atoms with Gasteiger partial charge in [0.2, 0.25) is 0 Å². The second kappa shape index (κ2) is 9.15. The summed E-state index contributed by atoms with van der Waals surface area (Å²) in [5, 5.41) is 8.45. The number of hydrogen-bond donors (Lipinski definition) is 2. The molecule has 3 heterocycles. The molecule has 0 radical (unpaired) electrons. The molecular formula is C18H23N5. The molecular weight excluding hydrogens is 286 g/mol. The zero-order valence-corrected chi connectivity index (χ0v) is 13.9. The molecule has 0 atom stereocenters. The number of rotatable bonds is 3. The molecule has 0 aliphatic rings. The quantitative estimate of drug-likeness (QED) is 0.697. The van der Waals surface area contributed by atoms with Crippen molar-refractivity contribution >= 4 is 18.2 Å². The third-order valence-electron chi connectivity index (χ3n) is 2.91. The highest BCUT2D eigenvalue weighted by atomic mass is 15.0. The van der Waals surface area contributed by atoms with Crippen LogP contribution in [0.2, 0.25) is 0 Å². The molecule has 0 amide bonds. The second-order valence-electron chi connectivity index (χ2n) is 4.38. The van der Waals surface area contributed by atoms with Crippen LogP contribution in [0.15, 0.2) is 55.6 Å². The Morgan fingerprint density at radius 3 is 2.48 bits per heavy atom. The lowest BCUT2D eigenvalue weighted by molar-refractivity contribution is 1.16. The van der Waals surface area contributed by atoms with Crippen LogP contribution in [-0.2, 0) is 0 Å². The molecule has 0 bridgehead atoms. The molecule has 0 aliphatic heterocycles. The fraction of sp³-hybridized carbons (Fsp3) is 0.167. The predicted octanol–water partition coefficient (Wildman–Crippen LogP) is 4.55. The van der Waals surface area contributed by atoms with Gasteiger partial charge in [0.1, 0.15) is 11.5 Å². The largest absolute Gasteiger partial charge is 0.347 e. The van der Waals surface area contributed by atoms with E-state index in [0.29, 0.717) is 0 Å². The Hall–Kier alpha value is -2.95. The van der Waals surface area contributed by atoms with E-state index in [0.717, 1.165) is 22.7 Å². The highest BCUT2D eigenvalue weighted by molar-refractivity contribution is 5.63. The fourth-order valence-corrected chi connectivity index (χ4v) is 1.98. The van der Waals surface area contributed by atoms with E-state index in [9.17, 15) is 0 Å². The summed E-state index contributed by atoms with van der Waals surface area (Å²) in [5.41, 5.74) is 4.06. The molecule has 0 saturated carbocycles. The number of nitrogens with one attached hydrogen (secondary N) is 2. The van der Waals surface area contributed by atoms with E-state index in [1.165, 1.54) is 5.56 Å². The van der Waals surface area contributed by atoms with Crippen molar-refractivity contribution in [1.82, 2.24) is 14.4 Å². The van der Waals surface area contributed by atoms with Gasteiger partial charge >= 0.3 is 0 Å². The minimum absolute atomic E-state index is 0.776. The van der Waals surface area contributed by atoms with E-state index < -0.39 is 0 Å². The van der Waals surface area contributed by atoms with Crippen molar-refractivity contribution in [2.45, 2.75) is 20.8 Å². The number of aryl methyl sites for hydroxylation is 1. The highest BCUT2D eigenvalue weighted by Crippen LogP contribution is 2.19. The van der Waals surface area contributed by atoms with Crippen LogP contribution in [0, 0.1) is 12.3 Å². The molecule has 0 spiro atoms. The summed E-state index contributed by atoms with van der Waals surface area (Å²) in [4.78, 5) is 8.88. The minimum Gasteiger partial charge on any atom is -0.347 e. The maximum Gasteiger partial charge on any atom is 0.137 e. The first-order valence-corrected chi connectivity index (χ1v) is 7.41. The standard InChI is InChI=1S/C15H14N4.C2H6.CH3N/c1-3-16-14-6-5-12(8-17-14)13-10-19-9-11(2)4-7-15(19)18-13;2*1-2/h3-10H,1H2,2H3,(H,16,17);1-2H3;2H,1H2. The molecule has 0 fully saturated rings. The van der Waals surface area contributed by atoms with Gasteiger partial charge in [-0.25, -0.2) is 9.97 Å². The number of aromatic nitrogens is 3. The van der Waals surface area contributed by atoms with Gasteiger partial charge in [0, 0.05) is 24.2 Å². The normalized spacial score (nSPS) is 9.17.